The molecule has 0 spiro atoms. The summed E-state index contributed by atoms with van der Waals surface area (Å²) in [6.45, 7) is 10.4. The van der Waals surface area contributed by atoms with Crippen molar-refractivity contribution in [3.63, 3.8) is 0 Å². The fourth-order valence-electron chi connectivity index (χ4n) is 3.15. The Morgan fingerprint density at radius 1 is 1.03 bits per heavy atom. The highest BCUT2D eigenvalue weighted by atomic mass is 16.7. The molecular formula is C25H36N4O8. The van der Waals surface area contributed by atoms with Crippen molar-refractivity contribution in [2.45, 2.75) is 96.9 Å². The van der Waals surface area contributed by atoms with E-state index in [-0.39, 0.29) is 32.1 Å². The number of nitrogens with zero attached hydrogens (tertiary/aromatic N) is 2. The van der Waals surface area contributed by atoms with Gasteiger partial charge in [0.15, 0.2) is 0 Å². The molecule has 1 aromatic rings. The summed E-state index contributed by atoms with van der Waals surface area (Å²) >= 11 is 0. The Labute approximate surface area is 216 Å². The lowest BCUT2D eigenvalue weighted by atomic mass is 10.1. The normalized spacial score (nSPS) is 15.8. The van der Waals surface area contributed by atoms with Crippen LogP contribution in [0.1, 0.15) is 72.8 Å². The first-order chi connectivity index (χ1) is 17.1. The number of pyridine rings is 1. The Morgan fingerprint density at radius 3 is 2.22 bits per heavy atom. The summed E-state index contributed by atoms with van der Waals surface area (Å²) in [5, 5.41) is 3.06. The SMILES string of the molecule is CC(C)(C)ON[C@@H](Cc1cccnc1)C(=O)N[C@@H](CCC(=O)ON1C(=O)CCC1=O)C(=O)OC(C)(C)C. The zero-order valence-corrected chi connectivity index (χ0v) is 22.2. The first-order valence-corrected chi connectivity index (χ1v) is 12.1. The number of amides is 3. The van der Waals surface area contributed by atoms with E-state index >= 15 is 0 Å². The van der Waals surface area contributed by atoms with Crippen molar-refractivity contribution < 1.29 is 38.4 Å². The first-order valence-electron chi connectivity index (χ1n) is 12.1. The van der Waals surface area contributed by atoms with E-state index in [1.807, 2.05) is 20.8 Å². The number of hydroxylamine groups is 3. The number of nitrogens with one attached hydrogen (secondary N) is 2. The Bertz CT molecular complexity index is 969. The van der Waals surface area contributed by atoms with Crippen LogP contribution in [0.4, 0.5) is 0 Å². The minimum absolute atomic E-state index is 0.0370. The van der Waals surface area contributed by atoms with Gasteiger partial charge in [-0.3, -0.25) is 24.2 Å². The average molecular weight is 521 g/mol. The van der Waals surface area contributed by atoms with Crippen LogP contribution in [0.3, 0.4) is 0 Å². The Balaban J connectivity index is 2.13. The van der Waals surface area contributed by atoms with Crippen LogP contribution in [0.15, 0.2) is 24.5 Å². The van der Waals surface area contributed by atoms with Crippen molar-refractivity contribution in [1.29, 1.82) is 0 Å². The Kier molecular flexibility index (Phi) is 10.3. The molecule has 2 heterocycles. The van der Waals surface area contributed by atoms with Gasteiger partial charge in [0.05, 0.1) is 12.0 Å². The van der Waals surface area contributed by atoms with E-state index in [2.05, 4.69) is 15.8 Å². The molecule has 1 aromatic heterocycles. The minimum Gasteiger partial charge on any atom is -0.458 e. The molecule has 0 aliphatic carbocycles. The summed E-state index contributed by atoms with van der Waals surface area (Å²) < 4.78 is 5.43. The molecule has 0 radical (unpaired) electrons. The number of ether oxygens (including phenoxy) is 1. The predicted octanol–water partition coefficient (Wildman–Crippen LogP) is 1.53. The van der Waals surface area contributed by atoms with Crippen LogP contribution in [0.25, 0.3) is 0 Å². The van der Waals surface area contributed by atoms with Crippen molar-refractivity contribution in [2.75, 3.05) is 0 Å². The molecule has 0 unspecified atom stereocenters. The van der Waals surface area contributed by atoms with Crippen LogP contribution in [0.5, 0.6) is 0 Å². The maximum Gasteiger partial charge on any atom is 0.333 e. The highest BCUT2D eigenvalue weighted by Gasteiger charge is 2.34. The van der Waals surface area contributed by atoms with Gasteiger partial charge < -0.3 is 14.9 Å². The van der Waals surface area contributed by atoms with Gasteiger partial charge >= 0.3 is 11.9 Å². The summed E-state index contributed by atoms with van der Waals surface area (Å²) in [7, 11) is 0. The fraction of sp³-hybridized carbons (Fsp3) is 0.600. The summed E-state index contributed by atoms with van der Waals surface area (Å²) in [5.74, 6) is -3.44. The number of esters is 1. The molecule has 2 N–H and O–H groups in total. The molecule has 2 rings (SSSR count). The number of hydrogen-bond donors (Lipinski definition) is 2. The number of hydrogen-bond acceptors (Lipinski definition) is 10. The molecule has 1 aliphatic rings. The third kappa shape index (κ3) is 10.6. The van der Waals surface area contributed by atoms with E-state index in [1.165, 1.54) is 0 Å². The molecule has 1 saturated heterocycles. The van der Waals surface area contributed by atoms with Gasteiger partial charge in [0, 0.05) is 31.7 Å². The minimum atomic E-state index is -1.21. The maximum absolute atomic E-state index is 13.3. The molecular weight excluding hydrogens is 484 g/mol. The van der Waals surface area contributed by atoms with Crippen molar-refractivity contribution in [2.24, 2.45) is 0 Å². The number of carbonyl (C=O) groups excluding carboxylic acids is 5. The molecule has 0 aromatic carbocycles. The van der Waals surface area contributed by atoms with E-state index < -0.39 is 52.9 Å². The zero-order valence-electron chi connectivity index (χ0n) is 22.2. The summed E-state index contributed by atoms with van der Waals surface area (Å²) in [5.41, 5.74) is 2.06. The van der Waals surface area contributed by atoms with Crippen LogP contribution in [-0.4, -0.2) is 63.0 Å². The lowest BCUT2D eigenvalue weighted by Gasteiger charge is -2.28. The number of aromatic nitrogens is 1. The predicted molar refractivity (Wildman–Crippen MR) is 130 cm³/mol. The van der Waals surface area contributed by atoms with Gasteiger partial charge in [-0.2, -0.15) is 5.48 Å². The molecule has 37 heavy (non-hydrogen) atoms. The van der Waals surface area contributed by atoms with Gasteiger partial charge in [0.25, 0.3) is 11.8 Å². The van der Waals surface area contributed by atoms with Crippen LogP contribution in [-0.2, 0) is 44.8 Å². The molecule has 12 heteroatoms. The van der Waals surface area contributed by atoms with Gasteiger partial charge in [-0.25, -0.2) is 9.59 Å². The Morgan fingerprint density at radius 2 is 1.68 bits per heavy atom. The molecule has 1 fully saturated rings. The maximum atomic E-state index is 13.3. The number of carbonyl (C=O) groups is 5. The summed E-state index contributed by atoms with van der Waals surface area (Å²) in [6.07, 6.45) is 2.81. The van der Waals surface area contributed by atoms with Crippen LogP contribution >= 0.6 is 0 Å². The molecule has 0 bridgehead atoms. The third-order valence-electron chi connectivity index (χ3n) is 4.83. The van der Waals surface area contributed by atoms with Gasteiger partial charge in [0.2, 0.25) is 5.91 Å². The zero-order chi connectivity index (χ0) is 27.8. The largest absolute Gasteiger partial charge is 0.458 e. The molecule has 204 valence electrons. The van der Waals surface area contributed by atoms with Crippen molar-refractivity contribution in [3.8, 4) is 0 Å². The fourth-order valence-corrected chi connectivity index (χ4v) is 3.15. The molecule has 12 nitrogen and oxygen atoms in total. The van der Waals surface area contributed by atoms with Gasteiger partial charge in [0.1, 0.15) is 17.7 Å². The molecule has 2 atom stereocenters. The van der Waals surface area contributed by atoms with E-state index in [9.17, 15) is 24.0 Å². The summed E-state index contributed by atoms with van der Waals surface area (Å²) in [4.78, 5) is 76.4. The van der Waals surface area contributed by atoms with Crippen LogP contribution in [0, 0.1) is 0 Å². The van der Waals surface area contributed by atoms with E-state index in [1.54, 1.807) is 45.3 Å². The first kappa shape index (κ1) is 29.8. The lowest BCUT2D eigenvalue weighted by Crippen LogP contribution is -2.53. The second-order valence-corrected chi connectivity index (χ2v) is 10.6. The quantitative estimate of drug-likeness (QED) is 0.249. The molecule has 1 aliphatic heterocycles. The monoisotopic (exact) mass is 520 g/mol. The second-order valence-electron chi connectivity index (χ2n) is 10.6. The number of rotatable bonds is 11. The van der Waals surface area contributed by atoms with E-state index in [0.29, 0.717) is 5.06 Å². The van der Waals surface area contributed by atoms with Crippen molar-refractivity contribution in [1.82, 2.24) is 20.8 Å². The summed E-state index contributed by atoms with van der Waals surface area (Å²) in [6, 6.07) is 1.42. The number of imide groups is 1. The lowest BCUT2D eigenvalue weighted by molar-refractivity contribution is -0.197. The molecule has 0 saturated carbocycles. The van der Waals surface area contributed by atoms with Gasteiger partial charge in [-0.15, -0.1) is 5.06 Å². The van der Waals surface area contributed by atoms with Crippen molar-refractivity contribution >= 4 is 29.7 Å². The van der Waals surface area contributed by atoms with Crippen LogP contribution < -0.4 is 10.8 Å². The van der Waals surface area contributed by atoms with E-state index in [0.717, 1.165) is 5.56 Å². The third-order valence-corrected chi connectivity index (χ3v) is 4.83. The standard InChI is InChI=1S/C25H36N4O8/c1-24(2,3)35-23(34)17(9-12-21(32)36-29-19(30)10-11-20(29)31)27-22(33)18(28-37-25(4,5)6)14-16-8-7-13-26-15-16/h7-8,13,15,17-18,28H,9-12,14H2,1-6H3,(H,27,33)/t17-,18-/m0/s1. The average Bonchev–Trinajstić information content (AvgIpc) is 3.10. The van der Waals surface area contributed by atoms with Crippen molar-refractivity contribution in [3.05, 3.63) is 30.1 Å². The van der Waals surface area contributed by atoms with Gasteiger partial charge in [-0.05, 0) is 59.6 Å². The van der Waals surface area contributed by atoms with Crippen LogP contribution in [0.2, 0.25) is 0 Å². The topological polar surface area (TPSA) is 153 Å². The smallest absolute Gasteiger partial charge is 0.333 e. The molecule has 3 amide bonds. The van der Waals surface area contributed by atoms with E-state index in [4.69, 9.17) is 14.4 Å². The highest BCUT2D eigenvalue weighted by molar-refractivity contribution is 6.01. The highest BCUT2D eigenvalue weighted by Crippen LogP contribution is 2.15. The van der Waals surface area contributed by atoms with Gasteiger partial charge in [-0.1, -0.05) is 6.07 Å². The second kappa shape index (κ2) is 12.7. The Hall–Kier alpha value is -3.38.